The van der Waals surface area contributed by atoms with Gasteiger partial charge in [0, 0.05) is 12.7 Å². The SMILES string of the molecule is COc1ccc(CCn2c(=N)c(S(=O)(=O)c3ccccc3)cc3c(=O)n4cccc(C)c4nc32)cc1. The molecule has 36 heavy (non-hydrogen) atoms. The molecule has 182 valence electrons. The third kappa shape index (κ3) is 3.97. The molecule has 0 saturated heterocycles. The summed E-state index contributed by atoms with van der Waals surface area (Å²) in [6.45, 7) is 2.11. The Morgan fingerprint density at radius 1 is 0.972 bits per heavy atom. The van der Waals surface area contributed by atoms with Gasteiger partial charge in [-0.2, -0.15) is 0 Å². The topological polar surface area (TPSA) is 107 Å². The molecule has 0 saturated carbocycles. The number of aryl methyl sites for hydroxylation is 3. The standard InChI is InChI=1S/C27H24N4O4S/c1-18-7-6-15-31-25(18)29-26-22(27(31)32)17-23(36(33,34)21-8-4-3-5-9-21)24(28)30(26)16-14-19-10-12-20(35-2)13-11-19/h3-13,15,17,28H,14,16H2,1-2H3. The van der Waals surface area contributed by atoms with Crippen LogP contribution in [0.3, 0.4) is 0 Å². The number of nitrogens with zero attached hydrogens (tertiary/aromatic N) is 3. The van der Waals surface area contributed by atoms with Crippen LogP contribution in [0, 0.1) is 12.3 Å². The minimum Gasteiger partial charge on any atom is -0.497 e. The lowest BCUT2D eigenvalue weighted by molar-refractivity contribution is 0.414. The molecule has 0 fully saturated rings. The molecular weight excluding hydrogens is 476 g/mol. The maximum Gasteiger partial charge on any atom is 0.267 e. The van der Waals surface area contributed by atoms with Crippen molar-refractivity contribution in [1.29, 1.82) is 5.41 Å². The minimum absolute atomic E-state index is 0.0595. The molecule has 5 rings (SSSR count). The van der Waals surface area contributed by atoms with Crippen LogP contribution in [0.15, 0.2) is 93.6 Å². The lowest BCUT2D eigenvalue weighted by Gasteiger charge is -2.16. The van der Waals surface area contributed by atoms with Crippen molar-refractivity contribution in [2.75, 3.05) is 7.11 Å². The maximum atomic E-state index is 13.5. The Morgan fingerprint density at radius 2 is 1.69 bits per heavy atom. The number of nitrogens with one attached hydrogen (secondary N) is 1. The van der Waals surface area contributed by atoms with Crippen molar-refractivity contribution in [2.45, 2.75) is 29.7 Å². The summed E-state index contributed by atoms with van der Waals surface area (Å²) in [6, 6.07) is 20.3. The molecule has 0 aliphatic heterocycles. The van der Waals surface area contributed by atoms with Gasteiger partial charge in [-0.25, -0.2) is 13.4 Å². The van der Waals surface area contributed by atoms with Crippen LogP contribution < -0.4 is 15.8 Å². The van der Waals surface area contributed by atoms with E-state index >= 15 is 0 Å². The molecule has 5 aromatic rings. The maximum absolute atomic E-state index is 13.5. The molecule has 8 nitrogen and oxygen atoms in total. The van der Waals surface area contributed by atoms with Crippen LogP contribution in [0.1, 0.15) is 11.1 Å². The molecule has 0 radical (unpaired) electrons. The highest BCUT2D eigenvalue weighted by Crippen LogP contribution is 2.21. The quantitative estimate of drug-likeness (QED) is 0.359. The molecule has 0 bridgehead atoms. The number of methoxy groups -OCH3 is 1. The van der Waals surface area contributed by atoms with Crippen molar-refractivity contribution in [3.05, 3.63) is 106 Å². The van der Waals surface area contributed by atoms with E-state index in [0.29, 0.717) is 12.1 Å². The predicted molar refractivity (Wildman–Crippen MR) is 136 cm³/mol. The zero-order valence-electron chi connectivity index (χ0n) is 19.8. The van der Waals surface area contributed by atoms with Crippen molar-refractivity contribution in [2.24, 2.45) is 0 Å². The molecule has 0 spiro atoms. The number of aromatic nitrogens is 3. The van der Waals surface area contributed by atoms with E-state index in [0.717, 1.165) is 16.9 Å². The molecule has 2 aromatic carbocycles. The predicted octanol–water partition coefficient (Wildman–Crippen LogP) is 3.52. The number of hydrogen-bond donors (Lipinski definition) is 1. The molecule has 9 heteroatoms. The van der Waals surface area contributed by atoms with Gasteiger partial charge >= 0.3 is 0 Å². The van der Waals surface area contributed by atoms with Crippen LogP contribution in [0.4, 0.5) is 0 Å². The number of hydrogen-bond acceptors (Lipinski definition) is 6. The van der Waals surface area contributed by atoms with Crippen molar-refractivity contribution in [3.8, 4) is 5.75 Å². The molecule has 3 heterocycles. The third-order valence-electron chi connectivity index (χ3n) is 6.22. The van der Waals surface area contributed by atoms with Gasteiger partial charge in [0.1, 0.15) is 27.4 Å². The lowest BCUT2D eigenvalue weighted by atomic mass is 10.1. The summed E-state index contributed by atoms with van der Waals surface area (Å²) in [4.78, 5) is 18.1. The third-order valence-corrected chi connectivity index (χ3v) is 8.01. The highest BCUT2D eigenvalue weighted by molar-refractivity contribution is 7.91. The average Bonchev–Trinajstić information content (AvgIpc) is 2.89. The first-order valence-corrected chi connectivity index (χ1v) is 12.8. The summed E-state index contributed by atoms with van der Waals surface area (Å²) in [7, 11) is -2.46. The number of sulfone groups is 1. The van der Waals surface area contributed by atoms with E-state index in [1.807, 2.05) is 37.3 Å². The van der Waals surface area contributed by atoms with Gasteiger partial charge < -0.3 is 9.30 Å². The zero-order valence-corrected chi connectivity index (χ0v) is 20.6. The number of fused-ring (bicyclic) bond motifs is 2. The van der Waals surface area contributed by atoms with Gasteiger partial charge in [0.2, 0.25) is 9.84 Å². The van der Waals surface area contributed by atoms with Crippen molar-refractivity contribution < 1.29 is 13.2 Å². The van der Waals surface area contributed by atoms with Crippen molar-refractivity contribution >= 4 is 26.5 Å². The molecule has 0 amide bonds. The fourth-order valence-corrected chi connectivity index (χ4v) is 5.66. The number of rotatable bonds is 6. The van der Waals surface area contributed by atoms with E-state index in [9.17, 15) is 13.2 Å². The summed E-state index contributed by atoms with van der Waals surface area (Å²) in [5, 5.41) is 9.05. The first-order chi connectivity index (χ1) is 17.3. The molecule has 0 aliphatic rings. The summed E-state index contributed by atoms with van der Waals surface area (Å²) in [5.41, 5.74) is 1.91. The fourth-order valence-electron chi connectivity index (χ4n) is 4.25. The van der Waals surface area contributed by atoms with E-state index in [1.54, 1.807) is 37.6 Å². The Morgan fingerprint density at radius 3 is 2.39 bits per heavy atom. The number of pyridine rings is 2. The fraction of sp³-hybridized carbons (Fsp3) is 0.148. The number of ether oxygens (including phenoxy) is 1. The monoisotopic (exact) mass is 500 g/mol. The van der Waals surface area contributed by atoms with Crippen LogP contribution in [0.25, 0.3) is 16.7 Å². The Kier molecular flexibility index (Phi) is 5.93. The molecule has 0 atom stereocenters. The Hall–Kier alpha value is -4.24. The summed E-state index contributed by atoms with van der Waals surface area (Å²) in [5.74, 6) is 0.727. The number of benzene rings is 2. The van der Waals surface area contributed by atoms with E-state index in [4.69, 9.17) is 15.1 Å². The molecule has 0 unspecified atom stereocenters. The smallest absolute Gasteiger partial charge is 0.267 e. The minimum atomic E-state index is -4.05. The Bertz CT molecular complexity index is 1820. The zero-order chi connectivity index (χ0) is 25.4. The van der Waals surface area contributed by atoms with Crippen LogP contribution >= 0.6 is 0 Å². The van der Waals surface area contributed by atoms with E-state index in [2.05, 4.69) is 0 Å². The molecule has 0 aliphatic carbocycles. The second kappa shape index (κ2) is 9.09. The van der Waals surface area contributed by atoms with Gasteiger partial charge in [-0.3, -0.25) is 14.6 Å². The molecular formula is C27H24N4O4S. The van der Waals surface area contributed by atoms with Crippen LogP contribution in [0.5, 0.6) is 5.75 Å². The second-order valence-electron chi connectivity index (χ2n) is 8.46. The van der Waals surface area contributed by atoms with E-state index in [1.165, 1.54) is 27.2 Å². The van der Waals surface area contributed by atoms with Crippen molar-refractivity contribution in [3.63, 3.8) is 0 Å². The summed E-state index contributed by atoms with van der Waals surface area (Å²) in [6.07, 6.45) is 2.11. The van der Waals surface area contributed by atoms with E-state index < -0.39 is 9.84 Å². The largest absolute Gasteiger partial charge is 0.497 e. The second-order valence-corrected chi connectivity index (χ2v) is 10.4. The first kappa shape index (κ1) is 23.5. The van der Waals surface area contributed by atoms with Gasteiger partial charge in [-0.1, -0.05) is 36.4 Å². The van der Waals surface area contributed by atoms with Crippen LogP contribution in [-0.4, -0.2) is 29.5 Å². The van der Waals surface area contributed by atoms with Crippen LogP contribution in [0.2, 0.25) is 0 Å². The van der Waals surface area contributed by atoms with Gasteiger partial charge in [0.25, 0.3) is 5.56 Å². The molecule has 1 N–H and O–H groups in total. The first-order valence-electron chi connectivity index (χ1n) is 11.3. The Labute approximate surface area is 207 Å². The van der Waals surface area contributed by atoms with Gasteiger partial charge in [0.05, 0.1) is 17.4 Å². The summed E-state index contributed by atoms with van der Waals surface area (Å²) >= 11 is 0. The molecule has 3 aromatic heterocycles. The Balaban J connectivity index is 1.77. The van der Waals surface area contributed by atoms with Gasteiger partial charge in [-0.05, 0) is 60.9 Å². The highest BCUT2D eigenvalue weighted by atomic mass is 32.2. The normalized spacial score (nSPS) is 11.7. The highest BCUT2D eigenvalue weighted by Gasteiger charge is 2.24. The van der Waals surface area contributed by atoms with Crippen LogP contribution in [-0.2, 0) is 22.8 Å². The van der Waals surface area contributed by atoms with Crippen molar-refractivity contribution in [1.82, 2.24) is 14.0 Å². The van der Waals surface area contributed by atoms with Gasteiger partial charge in [-0.15, -0.1) is 0 Å². The lowest BCUT2D eigenvalue weighted by Crippen LogP contribution is -2.30. The van der Waals surface area contributed by atoms with E-state index in [-0.39, 0.29) is 38.4 Å². The summed E-state index contributed by atoms with van der Waals surface area (Å²) < 4.78 is 35.2. The average molecular weight is 501 g/mol. The van der Waals surface area contributed by atoms with Gasteiger partial charge in [0.15, 0.2) is 0 Å².